The highest BCUT2D eigenvalue weighted by molar-refractivity contribution is 5.83. The van der Waals surface area contributed by atoms with Gasteiger partial charge in [-0.2, -0.15) is 0 Å². The maximum absolute atomic E-state index is 13.4. The molecule has 0 aromatic heterocycles. The lowest BCUT2D eigenvalue weighted by molar-refractivity contribution is -0.176. The van der Waals surface area contributed by atoms with Gasteiger partial charge in [-0.15, -0.1) is 0 Å². The van der Waals surface area contributed by atoms with Gasteiger partial charge in [-0.05, 0) is 56.2 Å². The lowest BCUT2D eigenvalue weighted by Crippen LogP contribution is -2.67. The first-order valence-electron chi connectivity index (χ1n) is 12.4. The molecule has 8 nitrogen and oxygen atoms in total. The number of phenols is 1. The Morgan fingerprint density at radius 1 is 1.14 bits per heavy atom. The van der Waals surface area contributed by atoms with Crippen LogP contribution in [0, 0.1) is 5.92 Å². The minimum Gasteiger partial charge on any atom is -0.504 e. The van der Waals surface area contributed by atoms with Crippen molar-refractivity contribution in [2.45, 2.75) is 68.4 Å². The average Bonchev–Trinajstić information content (AvgIpc) is 3.21. The zero-order valence-electron chi connectivity index (χ0n) is 19.8. The van der Waals surface area contributed by atoms with E-state index in [4.69, 9.17) is 14.2 Å². The molecule has 1 aliphatic heterocycles. The molecule has 0 radical (unpaired) electrons. The number of benzene rings is 2. The van der Waals surface area contributed by atoms with Crippen LogP contribution in [0.5, 0.6) is 11.5 Å². The summed E-state index contributed by atoms with van der Waals surface area (Å²) in [4.78, 5) is 25.6. The predicted molar refractivity (Wildman–Crippen MR) is 126 cm³/mol. The molecule has 2 aromatic carbocycles. The summed E-state index contributed by atoms with van der Waals surface area (Å²) in [5.41, 5.74) is 0.317. The van der Waals surface area contributed by atoms with E-state index in [1.807, 2.05) is 6.07 Å². The summed E-state index contributed by atoms with van der Waals surface area (Å²) in [5.74, 6) is -1.22. The fourth-order valence-electron chi connectivity index (χ4n) is 6.80. The standard InChI is InChI=1S/C28H28O8/c1-15(29)25(31)36-22(16-6-3-2-4-7-16)26(32)34-20-11-13-28(33)18-8-5-12-27(28)21-17(14-18)9-10-19(30)23(21)35-24(20)27/h2-4,6-7,9-11,15,18,22,24,29-30,33H,5,8,12-14H2,1H3/t15-,18+,22-,24-,27-,28+/m0/s1. The molecule has 0 amide bonds. The van der Waals surface area contributed by atoms with E-state index in [1.165, 1.54) is 6.92 Å². The lowest BCUT2D eigenvalue weighted by atomic mass is 9.47. The second kappa shape index (κ2) is 8.08. The van der Waals surface area contributed by atoms with Gasteiger partial charge in [0, 0.05) is 11.1 Å². The van der Waals surface area contributed by atoms with Gasteiger partial charge in [-0.3, -0.25) is 0 Å². The number of aromatic hydroxyl groups is 1. The van der Waals surface area contributed by atoms with Crippen molar-refractivity contribution in [2.75, 3.05) is 0 Å². The fraction of sp³-hybridized carbons (Fsp3) is 0.429. The van der Waals surface area contributed by atoms with Crippen LogP contribution in [-0.2, 0) is 30.9 Å². The van der Waals surface area contributed by atoms with Crippen LogP contribution in [0.3, 0.4) is 0 Å². The molecule has 3 aliphatic carbocycles. The Morgan fingerprint density at radius 3 is 2.67 bits per heavy atom. The van der Waals surface area contributed by atoms with Gasteiger partial charge in [-0.25, -0.2) is 9.59 Å². The van der Waals surface area contributed by atoms with Gasteiger partial charge in [0.1, 0.15) is 11.9 Å². The monoisotopic (exact) mass is 492 g/mol. The second-order valence-electron chi connectivity index (χ2n) is 10.3. The molecule has 2 bridgehead atoms. The van der Waals surface area contributed by atoms with Crippen molar-refractivity contribution in [3.63, 3.8) is 0 Å². The number of ether oxygens (including phenoxy) is 3. The number of hydrogen-bond donors (Lipinski definition) is 3. The van der Waals surface area contributed by atoms with Gasteiger partial charge < -0.3 is 29.5 Å². The summed E-state index contributed by atoms with van der Waals surface area (Å²) in [6.45, 7) is 1.26. The minimum atomic E-state index is -1.41. The lowest BCUT2D eigenvalue weighted by Gasteiger charge is -2.59. The Kier molecular flexibility index (Phi) is 5.18. The molecule has 1 fully saturated rings. The third-order valence-corrected chi connectivity index (χ3v) is 8.37. The highest BCUT2D eigenvalue weighted by Gasteiger charge is 2.71. The zero-order chi connectivity index (χ0) is 25.2. The normalized spacial score (nSPS) is 30.8. The molecular formula is C28H28O8. The Bertz CT molecular complexity index is 1270. The second-order valence-corrected chi connectivity index (χ2v) is 10.3. The SMILES string of the molecule is C[C@H](O)C(=O)O[C@H](C(=O)OC1=CC[C@@]2(O)[C@@H]3CCC[C@@]24c2c(ccc(O)c2O[C@@H]14)C3)c1ccccc1. The molecule has 0 saturated heterocycles. The van der Waals surface area contributed by atoms with E-state index in [1.54, 1.807) is 42.5 Å². The molecule has 188 valence electrons. The van der Waals surface area contributed by atoms with Gasteiger partial charge in [0.05, 0.1) is 11.0 Å². The van der Waals surface area contributed by atoms with Crippen molar-refractivity contribution < 1.29 is 39.1 Å². The van der Waals surface area contributed by atoms with Gasteiger partial charge in [-0.1, -0.05) is 42.8 Å². The number of aliphatic hydroxyl groups is 2. The Hall–Kier alpha value is -3.36. The third kappa shape index (κ3) is 3.07. The molecule has 1 heterocycles. The number of phenolic OH excluding ortho intramolecular Hbond substituents is 1. The molecule has 6 atom stereocenters. The van der Waals surface area contributed by atoms with E-state index in [0.717, 1.165) is 24.0 Å². The van der Waals surface area contributed by atoms with E-state index in [2.05, 4.69) is 0 Å². The molecule has 36 heavy (non-hydrogen) atoms. The highest BCUT2D eigenvalue weighted by Crippen LogP contribution is 2.67. The van der Waals surface area contributed by atoms with Crippen LogP contribution in [0.1, 0.15) is 55.4 Å². The van der Waals surface area contributed by atoms with Crippen LogP contribution in [-0.4, -0.2) is 45.1 Å². The van der Waals surface area contributed by atoms with Crippen molar-refractivity contribution in [3.8, 4) is 11.5 Å². The quantitative estimate of drug-likeness (QED) is 0.545. The van der Waals surface area contributed by atoms with Crippen LogP contribution in [0.2, 0.25) is 0 Å². The first-order valence-corrected chi connectivity index (χ1v) is 12.4. The van der Waals surface area contributed by atoms with E-state index in [-0.39, 0.29) is 23.8 Å². The summed E-state index contributed by atoms with van der Waals surface area (Å²) in [7, 11) is 0. The maximum atomic E-state index is 13.4. The Morgan fingerprint density at radius 2 is 1.92 bits per heavy atom. The maximum Gasteiger partial charge on any atom is 0.357 e. The van der Waals surface area contributed by atoms with Crippen molar-refractivity contribution in [1.82, 2.24) is 0 Å². The van der Waals surface area contributed by atoms with E-state index < -0.39 is 41.3 Å². The van der Waals surface area contributed by atoms with E-state index in [9.17, 15) is 24.9 Å². The smallest absolute Gasteiger partial charge is 0.357 e. The van der Waals surface area contributed by atoms with Crippen LogP contribution in [0.25, 0.3) is 0 Å². The number of carbonyl (C=O) groups excluding carboxylic acids is 2. The summed E-state index contributed by atoms with van der Waals surface area (Å²) in [5, 5.41) is 32.4. The van der Waals surface area contributed by atoms with E-state index >= 15 is 0 Å². The first-order chi connectivity index (χ1) is 17.3. The van der Waals surface area contributed by atoms with Gasteiger partial charge >= 0.3 is 11.9 Å². The van der Waals surface area contributed by atoms with Crippen LogP contribution < -0.4 is 4.74 Å². The predicted octanol–water partition coefficient (Wildman–Crippen LogP) is 2.97. The number of aliphatic hydroxyl groups excluding tert-OH is 1. The summed E-state index contributed by atoms with van der Waals surface area (Å²) in [6.07, 6.45) is 1.43. The number of carbonyl (C=O) groups is 2. The molecule has 4 aliphatic rings. The van der Waals surface area contributed by atoms with Crippen molar-refractivity contribution in [1.29, 1.82) is 0 Å². The molecule has 1 spiro atoms. The topological polar surface area (TPSA) is 123 Å². The molecule has 0 unspecified atom stereocenters. The molecule has 2 aromatic rings. The highest BCUT2D eigenvalue weighted by atomic mass is 16.6. The molecule has 8 heteroatoms. The van der Waals surface area contributed by atoms with Crippen molar-refractivity contribution >= 4 is 11.9 Å². The molecule has 6 rings (SSSR count). The first kappa shape index (κ1) is 23.1. The van der Waals surface area contributed by atoms with Crippen LogP contribution in [0.4, 0.5) is 0 Å². The van der Waals surface area contributed by atoms with Gasteiger partial charge in [0.15, 0.2) is 17.6 Å². The average molecular weight is 493 g/mol. The van der Waals surface area contributed by atoms with E-state index in [0.29, 0.717) is 24.2 Å². The number of rotatable bonds is 5. The van der Waals surface area contributed by atoms with Crippen LogP contribution >= 0.6 is 0 Å². The number of esters is 2. The van der Waals surface area contributed by atoms with Gasteiger partial charge in [0.2, 0.25) is 6.10 Å². The van der Waals surface area contributed by atoms with Crippen molar-refractivity contribution in [3.05, 3.63) is 71.0 Å². The summed E-state index contributed by atoms with van der Waals surface area (Å²) < 4.78 is 17.5. The van der Waals surface area contributed by atoms with Crippen LogP contribution in [0.15, 0.2) is 54.3 Å². The van der Waals surface area contributed by atoms with Gasteiger partial charge in [0.25, 0.3) is 0 Å². The molecule has 3 N–H and O–H groups in total. The molecule has 1 saturated carbocycles. The zero-order valence-corrected chi connectivity index (χ0v) is 19.8. The molecular weight excluding hydrogens is 464 g/mol. The summed E-state index contributed by atoms with van der Waals surface area (Å²) in [6, 6.07) is 11.9. The third-order valence-electron chi connectivity index (χ3n) is 8.37. The minimum absolute atomic E-state index is 0.0115. The Balaban J connectivity index is 1.38. The van der Waals surface area contributed by atoms with Crippen molar-refractivity contribution in [2.24, 2.45) is 5.92 Å². The fourth-order valence-corrected chi connectivity index (χ4v) is 6.80. The Labute approximate surface area is 208 Å². The summed E-state index contributed by atoms with van der Waals surface area (Å²) >= 11 is 0. The number of hydrogen-bond acceptors (Lipinski definition) is 8. The largest absolute Gasteiger partial charge is 0.504 e.